The van der Waals surface area contributed by atoms with Crippen LogP contribution in [-0.4, -0.2) is 51.1 Å². The van der Waals surface area contributed by atoms with Gasteiger partial charge in [-0.25, -0.2) is 19.3 Å². The summed E-state index contributed by atoms with van der Waals surface area (Å²) >= 11 is 0. The molecule has 10 nitrogen and oxygen atoms in total. The monoisotopic (exact) mass is 611 g/mol. The number of nitrogens with two attached hydrogens (primary N) is 1. The molecule has 232 valence electrons. The van der Waals surface area contributed by atoms with E-state index < -0.39 is 28.6 Å². The normalized spacial score (nSPS) is 18.4. The van der Waals surface area contributed by atoms with Crippen molar-refractivity contribution in [2.75, 3.05) is 13.2 Å². The van der Waals surface area contributed by atoms with Crippen LogP contribution in [0.15, 0.2) is 60.9 Å². The van der Waals surface area contributed by atoms with Gasteiger partial charge in [-0.1, -0.05) is 6.92 Å². The molecule has 1 aliphatic carbocycles. The fraction of sp³-hybridized carbons (Fsp3) is 0.324. The molecule has 0 radical (unpaired) electrons. The summed E-state index contributed by atoms with van der Waals surface area (Å²) in [6.45, 7) is 4.93. The number of carbonyl (C=O) groups is 2. The molecule has 6 rings (SSSR count). The number of carbonyl (C=O) groups excluding carboxylic acids is 2. The lowest BCUT2D eigenvalue weighted by molar-refractivity contribution is -0.123. The predicted octanol–water partition coefficient (Wildman–Crippen LogP) is 4.22. The van der Waals surface area contributed by atoms with Crippen molar-refractivity contribution in [1.29, 1.82) is 0 Å². The highest BCUT2D eigenvalue weighted by atomic mass is 19.1. The number of pyridine rings is 1. The van der Waals surface area contributed by atoms with E-state index in [9.17, 15) is 19.1 Å². The molecule has 2 aliphatic rings. The summed E-state index contributed by atoms with van der Waals surface area (Å²) in [4.78, 5) is 39.4. The Morgan fingerprint density at radius 1 is 1.13 bits per heavy atom. The summed E-state index contributed by atoms with van der Waals surface area (Å²) in [6.07, 6.45) is 6.24. The van der Waals surface area contributed by atoms with E-state index in [4.69, 9.17) is 15.2 Å². The summed E-state index contributed by atoms with van der Waals surface area (Å²) in [5.41, 5.74) is 6.16. The van der Waals surface area contributed by atoms with Gasteiger partial charge in [0.15, 0.2) is 0 Å². The zero-order valence-electron chi connectivity index (χ0n) is 25.3. The Hall–Kier alpha value is -4.90. The predicted molar refractivity (Wildman–Crippen MR) is 164 cm³/mol. The number of aryl methyl sites for hydroxylation is 1. The van der Waals surface area contributed by atoms with Crippen molar-refractivity contribution in [2.45, 2.75) is 57.2 Å². The number of primary amides is 1. The molecule has 0 saturated heterocycles. The van der Waals surface area contributed by atoms with Gasteiger partial charge in [0.2, 0.25) is 5.91 Å². The molecule has 0 unspecified atom stereocenters. The summed E-state index contributed by atoms with van der Waals surface area (Å²) in [7, 11) is 0. The molecule has 11 heteroatoms. The van der Waals surface area contributed by atoms with Gasteiger partial charge >= 0.3 is 0 Å². The van der Waals surface area contributed by atoms with Gasteiger partial charge in [0, 0.05) is 46.6 Å². The van der Waals surface area contributed by atoms with Gasteiger partial charge in [0.05, 0.1) is 18.3 Å². The Kier molecular flexibility index (Phi) is 7.74. The van der Waals surface area contributed by atoms with Crippen LogP contribution in [0, 0.1) is 5.82 Å². The molecule has 2 aromatic heterocycles. The third-order valence-corrected chi connectivity index (χ3v) is 8.27. The zero-order valence-corrected chi connectivity index (χ0v) is 25.3. The lowest BCUT2D eigenvalue weighted by atomic mass is 9.82. The van der Waals surface area contributed by atoms with Gasteiger partial charge in [-0.05, 0) is 75.2 Å². The van der Waals surface area contributed by atoms with Gasteiger partial charge in [0.1, 0.15) is 46.5 Å². The van der Waals surface area contributed by atoms with Gasteiger partial charge in [-0.2, -0.15) is 0 Å². The first-order valence-electron chi connectivity index (χ1n) is 14.9. The number of nitrogens with one attached hydrogen (secondary N) is 1. The van der Waals surface area contributed by atoms with E-state index in [0.29, 0.717) is 51.7 Å². The van der Waals surface area contributed by atoms with E-state index >= 15 is 0 Å². The molecule has 1 fully saturated rings. The lowest BCUT2D eigenvalue weighted by Gasteiger charge is -2.26. The van der Waals surface area contributed by atoms with Gasteiger partial charge in [0.25, 0.3) is 5.91 Å². The van der Waals surface area contributed by atoms with Crippen LogP contribution in [0.4, 0.5) is 4.39 Å². The number of aliphatic hydroxyl groups is 1. The molecular formula is C34H34FN5O5. The van der Waals surface area contributed by atoms with Crippen LogP contribution >= 0.6 is 0 Å². The number of hydrogen-bond donors (Lipinski definition) is 3. The molecular weight excluding hydrogens is 577 g/mol. The SMILES string of the molecule is CCc1ncc(-c2cc(C(=O)NC[C@](C)(O)c3cc4c(c(-c5ccc(F)cc5)n3)OC[C@]4(C)C(N)=O)ccc2OC2CC2)cn1. The summed E-state index contributed by atoms with van der Waals surface area (Å²) in [6, 6.07) is 12.4. The topological polar surface area (TPSA) is 150 Å². The molecule has 3 heterocycles. The van der Waals surface area contributed by atoms with Crippen molar-refractivity contribution >= 4 is 11.8 Å². The number of rotatable bonds is 10. The Labute approximate surface area is 259 Å². The maximum atomic E-state index is 13.7. The molecule has 45 heavy (non-hydrogen) atoms. The van der Waals surface area contributed by atoms with Crippen LogP contribution < -0.4 is 20.5 Å². The molecule has 4 aromatic rings. The minimum absolute atomic E-state index is 0.00905. The van der Waals surface area contributed by atoms with Crippen molar-refractivity contribution in [1.82, 2.24) is 20.3 Å². The maximum Gasteiger partial charge on any atom is 0.251 e. The largest absolute Gasteiger partial charge is 0.490 e. The fourth-order valence-corrected chi connectivity index (χ4v) is 5.15. The lowest BCUT2D eigenvalue weighted by Crippen LogP contribution is -2.41. The Morgan fingerprint density at radius 3 is 2.49 bits per heavy atom. The summed E-state index contributed by atoms with van der Waals surface area (Å²) in [5, 5.41) is 14.5. The molecule has 4 N–H and O–H groups in total. The molecule has 1 saturated carbocycles. The summed E-state index contributed by atoms with van der Waals surface area (Å²) < 4.78 is 25.7. The van der Waals surface area contributed by atoms with Crippen LogP contribution in [0.2, 0.25) is 0 Å². The fourth-order valence-electron chi connectivity index (χ4n) is 5.15. The van der Waals surface area contributed by atoms with E-state index in [0.717, 1.165) is 18.4 Å². The third kappa shape index (κ3) is 5.95. The number of aromatic nitrogens is 3. The van der Waals surface area contributed by atoms with Gasteiger partial charge in [-0.15, -0.1) is 0 Å². The quantitative estimate of drug-likeness (QED) is 0.241. The average Bonchev–Trinajstić information content (AvgIpc) is 3.79. The molecule has 2 amide bonds. The standard InChI is InChI=1S/C34H34FN5O5/c1-4-28-37-15-21(16-38-28)24-13-20(7-12-26(24)45-23-10-11-23)31(41)39-17-34(3,43)27-14-25-30(44-18-33(25,2)32(36)42)29(40-27)19-5-8-22(35)9-6-19/h5-9,12-16,23,43H,4,10-11,17-18H2,1-3H3,(H2,36,42)(H,39,41)/t33-,34-/m0/s1. The van der Waals surface area contributed by atoms with Crippen molar-refractivity contribution in [3.05, 3.63) is 89.4 Å². The van der Waals surface area contributed by atoms with Crippen LogP contribution in [0.1, 0.15) is 61.1 Å². The molecule has 0 bridgehead atoms. The van der Waals surface area contributed by atoms with Crippen molar-refractivity contribution in [3.8, 4) is 33.9 Å². The second-order valence-electron chi connectivity index (χ2n) is 12.0. The Morgan fingerprint density at radius 2 is 1.84 bits per heavy atom. The van der Waals surface area contributed by atoms with Crippen LogP contribution in [0.25, 0.3) is 22.4 Å². The number of halogens is 1. The molecule has 2 atom stereocenters. The van der Waals surface area contributed by atoms with Gasteiger partial charge < -0.3 is 25.6 Å². The van der Waals surface area contributed by atoms with Crippen molar-refractivity contribution < 1.29 is 28.6 Å². The maximum absolute atomic E-state index is 13.7. The number of benzene rings is 2. The second kappa shape index (κ2) is 11.6. The van der Waals surface area contributed by atoms with E-state index in [-0.39, 0.29) is 24.9 Å². The summed E-state index contributed by atoms with van der Waals surface area (Å²) in [5.74, 6) is 0.240. The van der Waals surface area contributed by atoms with Crippen LogP contribution in [0.3, 0.4) is 0 Å². The number of ether oxygens (including phenoxy) is 2. The minimum atomic E-state index is -1.68. The van der Waals surface area contributed by atoms with E-state index in [1.54, 1.807) is 43.6 Å². The number of hydrogen-bond acceptors (Lipinski definition) is 8. The molecule has 1 aliphatic heterocycles. The molecule has 0 spiro atoms. The molecule has 2 aromatic carbocycles. The first-order chi connectivity index (χ1) is 21.5. The van der Waals surface area contributed by atoms with Gasteiger partial charge in [-0.3, -0.25) is 9.59 Å². The van der Waals surface area contributed by atoms with E-state index in [2.05, 4.69) is 20.3 Å². The highest BCUT2D eigenvalue weighted by Crippen LogP contribution is 2.45. The zero-order chi connectivity index (χ0) is 31.9. The van der Waals surface area contributed by atoms with Crippen LogP contribution in [-0.2, 0) is 22.2 Å². The second-order valence-corrected chi connectivity index (χ2v) is 12.0. The Balaban J connectivity index is 1.29. The number of nitrogens with zero attached hydrogens (tertiary/aromatic N) is 3. The van der Waals surface area contributed by atoms with E-state index in [1.807, 2.05) is 6.92 Å². The average molecular weight is 612 g/mol. The number of amides is 2. The minimum Gasteiger partial charge on any atom is -0.490 e. The third-order valence-electron chi connectivity index (χ3n) is 8.27. The Bertz CT molecular complexity index is 1770. The van der Waals surface area contributed by atoms with Crippen molar-refractivity contribution in [2.24, 2.45) is 5.73 Å². The van der Waals surface area contributed by atoms with E-state index in [1.165, 1.54) is 31.2 Å². The van der Waals surface area contributed by atoms with Crippen molar-refractivity contribution in [3.63, 3.8) is 0 Å². The highest BCUT2D eigenvalue weighted by molar-refractivity contribution is 5.96. The smallest absolute Gasteiger partial charge is 0.251 e. The highest BCUT2D eigenvalue weighted by Gasteiger charge is 2.45. The van der Waals surface area contributed by atoms with Crippen LogP contribution in [0.5, 0.6) is 11.5 Å². The first-order valence-corrected chi connectivity index (χ1v) is 14.9. The number of fused-ring (bicyclic) bond motifs is 1. The first kappa shape index (κ1) is 30.1.